The van der Waals surface area contributed by atoms with Crippen molar-refractivity contribution in [3.8, 4) is 5.75 Å². The molecule has 1 atom stereocenters. The van der Waals surface area contributed by atoms with E-state index in [-0.39, 0.29) is 42.6 Å². The monoisotopic (exact) mass is 456 g/mol. The van der Waals surface area contributed by atoms with Crippen LogP contribution >= 0.6 is 0 Å². The minimum Gasteiger partial charge on any atom is -0.485 e. The Labute approximate surface area is 187 Å². The molecule has 0 aliphatic carbocycles. The molecule has 172 valence electrons. The molecule has 0 fully saturated rings. The van der Waals surface area contributed by atoms with E-state index in [4.69, 9.17) is 9.15 Å². The van der Waals surface area contributed by atoms with Gasteiger partial charge in [0.25, 0.3) is 0 Å². The molecule has 33 heavy (non-hydrogen) atoms. The lowest BCUT2D eigenvalue weighted by Crippen LogP contribution is -2.31. The third-order valence-corrected chi connectivity index (χ3v) is 5.43. The number of carbonyl (C=O) groups excluding carboxylic acids is 1. The van der Waals surface area contributed by atoms with Crippen LogP contribution in [0.4, 0.5) is 8.78 Å². The molecule has 0 saturated carbocycles. The SMILES string of the molecule is Cc1nnc([C@@](C)(CO)CC(=O)c2c(C)nc3c(OCc4c(F)cccc4F)cccn23)o1. The number of ketones is 1. The number of Topliss-reactive ketones (excluding diaryl/α,β-unsaturated/α-hetero) is 1. The van der Waals surface area contributed by atoms with Gasteiger partial charge in [0.2, 0.25) is 11.8 Å². The van der Waals surface area contributed by atoms with Crippen LogP contribution in [-0.4, -0.2) is 37.1 Å². The first-order valence-electron chi connectivity index (χ1n) is 10.2. The van der Waals surface area contributed by atoms with Crippen LogP contribution in [0, 0.1) is 25.5 Å². The van der Waals surface area contributed by atoms with Crippen molar-refractivity contribution in [3.63, 3.8) is 0 Å². The predicted molar refractivity (Wildman–Crippen MR) is 113 cm³/mol. The zero-order chi connectivity index (χ0) is 23.8. The zero-order valence-electron chi connectivity index (χ0n) is 18.3. The summed E-state index contributed by atoms with van der Waals surface area (Å²) in [7, 11) is 0. The number of aliphatic hydroxyl groups is 1. The Morgan fingerprint density at radius 2 is 1.91 bits per heavy atom. The van der Waals surface area contributed by atoms with E-state index in [0.29, 0.717) is 22.9 Å². The van der Waals surface area contributed by atoms with Gasteiger partial charge >= 0.3 is 0 Å². The first kappa shape index (κ1) is 22.5. The van der Waals surface area contributed by atoms with Gasteiger partial charge < -0.3 is 14.3 Å². The molecule has 0 saturated heterocycles. The minimum atomic E-state index is -1.08. The van der Waals surface area contributed by atoms with Gasteiger partial charge in [-0.05, 0) is 38.1 Å². The highest BCUT2D eigenvalue weighted by atomic mass is 19.1. The standard InChI is InChI=1S/C23H22F2N4O4/c1-13-20(18(31)10-23(3,12-30)22-28-27-14(2)33-22)29-9-5-8-19(21(29)26-13)32-11-15-16(24)6-4-7-17(15)25/h4-9,30H,10-12H2,1-3H3/t23-/m1/s1. The van der Waals surface area contributed by atoms with Crippen molar-refractivity contribution >= 4 is 11.4 Å². The number of fused-ring (bicyclic) bond motifs is 1. The second kappa shape index (κ2) is 8.70. The van der Waals surface area contributed by atoms with Crippen molar-refractivity contribution in [1.29, 1.82) is 0 Å². The van der Waals surface area contributed by atoms with Crippen molar-refractivity contribution in [2.24, 2.45) is 0 Å². The summed E-state index contributed by atoms with van der Waals surface area (Å²) in [4.78, 5) is 17.7. The third kappa shape index (κ3) is 4.21. The number of imidazole rings is 1. The summed E-state index contributed by atoms with van der Waals surface area (Å²) in [5, 5.41) is 17.7. The van der Waals surface area contributed by atoms with Crippen LogP contribution in [-0.2, 0) is 12.0 Å². The number of nitrogens with zero attached hydrogens (tertiary/aromatic N) is 4. The molecular formula is C23H22F2N4O4. The molecule has 0 spiro atoms. The van der Waals surface area contributed by atoms with Crippen LogP contribution in [0.1, 0.15) is 46.9 Å². The van der Waals surface area contributed by atoms with Gasteiger partial charge in [-0.3, -0.25) is 9.20 Å². The van der Waals surface area contributed by atoms with Gasteiger partial charge in [-0.2, -0.15) is 0 Å². The maximum Gasteiger partial charge on any atom is 0.225 e. The lowest BCUT2D eigenvalue weighted by atomic mass is 9.84. The molecule has 3 heterocycles. The molecule has 8 nitrogen and oxygen atoms in total. The Hall–Kier alpha value is -3.66. The second-order valence-electron chi connectivity index (χ2n) is 8.05. The van der Waals surface area contributed by atoms with Crippen LogP contribution in [0.2, 0.25) is 0 Å². The quantitative estimate of drug-likeness (QED) is 0.403. The number of rotatable bonds is 8. The van der Waals surface area contributed by atoms with Crippen LogP contribution < -0.4 is 4.74 Å². The Balaban J connectivity index is 1.64. The lowest BCUT2D eigenvalue weighted by Gasteiger charge is -2.22. The molecule has 0 unspecified atom stereocenters. The molecule has 0 radical (unpaired) electrons. The van der Waals surface area contributed by atoms with E-state index < -0.39 is 17.0 Å². The van der Waals surface area contributed by atoms with Gasteiger partial charge in [-0.25, -0.2) is 13.8 Å². The smallest absolute Gasteiger partial charge is 0.225 e. The average Bonchev–Trinajstić information content (AvgIpc) is 3.36. The Bertz CT molecular complexity index is 1310. The van der Waals surface area contributed by atoms with E-state index in [1.54, 1.807) is 43.5 Å². The summed E-state index contributed by atoms with van der Waals surface area (Å²) >= 11 is 0. The van der Waals surface area contributed by atoms with Crippen molar-refractivity contribution in [2.45, 2.75) is 39.2 Å². The fourth-order valence-electron chi connectivity index (χ4n) is 3.60. The molecule has 1 N–H and O–H groups in total. The van der Waals surface area contributed by atoms with Gasteiger partial charge in [-0.1, -0.05) is 6.07 Å². The van der Waals surface area contributed by atoms with Crippen LogP contribution in [0.3, 0.4) is 0 Å². The highest BCUT2D eigenvalue weighted by Crippen LogP contribution is 2.30. The van der Waals surface area contributed by atoms with Crippen LogP contribution in [0.15, 0.2) is 40.9 Å². The normalized spacial score (nSPS) is 13.3. The highest BCUT2D eigenvalue weighted by molar-refractivity contribution is 5.97. The Kier molecular flexibility index (Phi) is 5.94. The number of aliphatic hydroxyl groups excluding tert-OH is 1. The van der Waals surface area contributed by atoms with Gasteiger partial charge in [0.15, 0.2) is 17.2 Å². The number of hydrogen-bond acceptors (Lipinski definition) is 7. The van der Waals surface area contributed by atoms with E-state index in [0.717, 1.165) is 12.1 Å². The lowest BCUT2D eigenvalue weighted by molar-refractivity contribution is 0.0888. The van der Waals surface area contributed by atoms with E-state index in [1.807, 2.05) is 0 Å². The molecule has 0 amide bonds. The molecule has 4 rings (SSSR count). The molecule has 10 heteroatoms. The molecule has 0 aliphatic heterocycles. The van der Waals surface area contributed by atoms with Gasteiger partial charge in [0, 0.05) is 19.5 Å². The molecule has 0 bridgehead atoms. The minimum absolute atomic E-state index is 0.106. The number of aromatic nitrogens is 4. The van der Waals surface area contributed by atoms with Crippen molar-refractivity contribution in [3.05, 3.63) is 76.9 Å². The second-order valence-corrected chi connectivity index (χ2v) is 8.05. The number of hydrogen-bond donors (Lipinski definition) is 1. The first-order valence-corrected chi connectivity index (χ1v) is 10.2. The number of aryl methyl sites for hydroxylation is 2. The predicted octanol–water partition coefficient (Wildman–Crippen LogP) is 3.71. The van der Waals surface area contributed by atoms with Crippen molar-refractivity contribution < 1.29 is 27.8 Å². The molecule has 0 aliphatic rings. The molecule has 4 aromatic rings. The highest BCUT2D eigenvalue weighted by Gasteiger charge is 2.36. The summed E-state index contributed by atoms with van der Waals surface area (Å²) in [5.74, 6) is -0.965. The maximum atomic E-state index is 14.0. The van der Waals surface area contributed by atoms with E-state index in [2.05, 4.69) is 15.2 Å². The number of halogens is 2. The van der Waals surface area contributed by atoms with E-state index in [9.17, 15) is 18.7 Å². The summed E-state index contributed by atoms with van der Waals surface area (Å²) < 4.78 is 40.6. The van der Waals surface area contributed by atoms with Crippen LogP contribution in [0.5, 0.6) is 5.75 Å². The number of ether oxygens (including phenoxy) is 1. The fourth-order valence-corrected chi connectivity index (χ4v) is 3.60. The third-order valence-electron chi connectivity index (χ3n) is 5.43. The van der Waals surface area contributed by atoms with E-state index >= 15 is 0 Å². The summed E-state index contributed by atoms with van der Waals surface area (Å²) in [5.41, 5.74) is -0.216. The van der Waals surface area contributed by atoms with Crippen LogP contribution in [0.25, 0.3) is 5.65 Å². The summed E-state index contributed by atoms with van der Waals surface area (Å²) in [6, 6.07) is 6.84. The first-order chi connectivity index (χ1) is 15.7. The van der Waals surface area contributed by atoms with Crippen molar-refractivity contribution in [2.75, 3.05) is 6.61 Å². The summed E-state index contributed by atoms with van der Waals surface area (Å²) in [6.45, 7) is 4.24. The Morgan fingerprint density at radius 3 is 2.55 bits per heavy atom. The van der Waals surface area contributed by atoms with E-state index in [1.165, 1.54) is 6.07 Å². The van der Waals surface area contributed by atoms with Gasteiger partial charge in [0.05, 0.1) is 23.3 Å². The number of pyridine rings is 1. The van der Waals surface area contributed by atoms with Crippen molar-refractivity contribution in [1.82, 2.24) is 19.6 Å². The van der Waals surface area contributed by atoms with Gasteiger partial charge in [0.1, 0.15) is 23.9 Å². The molecule has 3 aromatic heterocycles. The summed E-state index contributed by atoms with van der Waals surface area (Å²) in [6.07, 6.45) is 1.54. The maximum absolute atomic E-state index is 14.0. The number of benzene rings is 1. The van der Waals surface area contributed by atoms with Gasteiger partial charge in [-0.15, -0.1) is 10.2 Å². The fraction of sp³-hybridized carbons (Fsp3) is 0.304. The molecule has 1 aromatic carbocycles. The largest absolute Gasteiger partial charge is 0.485 e. The Morgan fingerprint density at radius 1 is 1.18 bits per heavy atom. The average molecular weight is 456 g/mol. The molecular weight excluding hydrogens is 434 g/mol. The number of carbonyl (C=O) groups is 1. The zero-order valence-corrected chi connectivity index (χ0v) is 18.3. The topological polar surface area (TPSA) is 103 Å².